The number of carbonyl (C=O) groups is 1. The number of nitrogens with one attached hydrogen (secondary N) is 1. The molecule has 3 heterocycles. The molecular formula is C19H27N5OS. The first kappa shape index (κ1) is 17.7. The second-order valence-corrected chi connectivity index (χ2v) is 8.63. The number of imidazole rings is 1. The Labute approximate surface area is 158 Å². The SMILES string of the molecule is Cc1nc(CN2CCn3cc(CC(=O)NCC4CCC4)nc3C2C)cs1. The van der Waals surface area contributed by atoms with E-state index in [1.165, 1.54) is 19.3 Å². The van der Waals surface area contributed by atoms with Gasteiger partial charge in [0.05, 0.1) is 28.9 Å². The molecule has 26 heavy (non-hydrogen) atoms. The maximum Gasteiger partial charge on any atom is 0.226 e. The van der Waals surface area contributed by atoms with Gasteiger partial charge in [-0.25, -0.2) is 9.97 Å². The highest BCUT2D eigenvalue weighted by Gasteiger charge is 2.27. The van der Waals surface area contributed by atoms with Crippen molar-refractivity contribution < 1.29 is 4.79 Å². The molecule has 2 aliphatic rings. The minimum Gasteiger partial charge on any atom is -0.355 e. The summed E-state index contributed by atoms with van der Waals surface area (Å²) in [5.41, 5.74) is 2.01. The lowest BCUT2D eigenvalue weighted by molar-refractivity contribution is -0.120. The van der Waals surface area contributed by atoms with Crippen LogP contribution in [0.1, 0.15) is 54.4 Å². The molecule has 1 fully saturated rings. The summed E-state index contributed by atoms with van der Waals surface area (Å²) in [6.45, 7) is 7.81. The second kappa shape index (κ2) is 7.48. The van der Waals surface area contributed by atoms with Gasteiger partial charge in [-0.15, -0.1) is 11.3 Å². The van der Waals surface area contributed by atoms with Crippen LogP contribution in [0.25, 0.3) is 0 Å². The van der Waals surface area contributed by atoms with Gasteiger partial charge in [0.2, 0.25) is 5.91 Å². The third-order valence-corrected chi connectivity index (χ3v) is 6.42. The van der Waals surface area contributed by atoms with Gasteiger partial charge in [0.25, 0.3) is 0 Å². The molecule has 1 saturated carbocycles. The predicted octanol–water partition coefficient (Wildman–Crippen LogP) is 2.68. The lowest BCUT2D eigenvalue weighted by Crippen LogP contribution is -2.36. The van der Waals surface area contributed by atoms with Gasteiger partial charge >= 0.3 is 0 Å². The molecule has 1 unspecified atom stereocenters. The topological polar surface area (TPSA) is 63.1 Å². The van der Waals surface area contributed by atoms with E-state index >= 15 is 0 Å². The van der Waals surface area contributed by atoms with Crippen molar-refractivity contribution >= 4 is 17.2 Å². The fraction of sp³-hybridized carbons (Fsp3) is 0.632. The molecule has 2 aromatic heterocycles. The van der Waals surface area contributed by atoms with Crippen molar-refractivity contribution in [3.63, 3.8) is 0 Å². The third kappa shape index (κ3) is 3.83. The minimum absolute atomic E-state index is 0.0924. The standard InChI is InChI=1S/C19H27N5OS/c1-13-19-22-16(8-18(25)20-9-15-4-3-5-15)10-24(19)7-6-23(13)11-17-12-26-14(2)21-17/h10,12-13,15H,3-9,11H2,1-2H3,(H,20,25). The average molecular weight is 374 g/mol. The Balaban J connectivity index is 1.36. The van der Waals surface area contributed by atoms with E-state index in [4.69, 9.17) is 4.98 Å². The second-order valence-electron chi connectivity index (χ2n) is 7.57. The predicted molar refractivity (Wildman–Crippen MR) is 102 cm³/mol. The van der Waals surface area contributed by atoms with Crippen LogP contribution in [0, 0.1) is 12.8 Å². The number of amides is 1. The molecule has 2 aromatic rings. The van der Waals surface area contributed by atoms with E-state index in [-0.39, 0.29) is 11.9 Å². The number of hydrogen-bond donors (Lipinski definition) is 1. The molecule has 0 aromatic carbocycles. The van der Waals surface area contributed by atoms with Crippen molar-refractivity contribution in [2.45, 2.75) is 58.7 Å². The van der Waals surface area contributed by atoms with E-state index in [2.05, 4.69) is 38.3 Å². The number of carbonyl (C=O) groups excluding carboxylic acids is 1. The Bertz CT molecular complexity index is 779. The van der Waals surface area contributed by atoms with Crippen molar-refractivity contribution in [2.24, 2.45) is 5.92 Å². The molecule has 4 rings (SSSR count). The summed E-state index contributed by atoms with van der Waals surface area (Å²) in [5, 5.41) is 6.31. The Morgan fingerprint density at radius 1 is 1.31 bits per heavy atom. The summed E-state index contributed by atoms with van der Waals surface area (Å²) >= 11 is 1.70. The van der Waals surface area contributed by atoms with Crippen LogP contribution in [-0.4, -0.2) is 38.4 Å². The smallest absolute Gasteiger partial charge is 0.226 e. The molecule has 0 saturated heterocycles. The Morgan fingerprint density at radius 3 is 2.85 bits per heavy atom. The number of nitrogens with zero attached hydrogens (tertiary/aromatic N) is 4. The first-order valence-electron chi connectivity index (χ1n) is 9.56. The van der Waals surface area contributed by atoms with Crippen molar-refractivity contribution in [2.75, 3.05) is 13.1 Å². The van der Waals surface area contributed by atoms with Crippen LogP contribution in [-0.2, 0) is 24.3 Å². The summed E-state index contributed by atoms with van der Waals surface area (Å²) in [5.74, 6) is 1.84. The molecule has 1 N–H and O–H groups in total. The zero-order valence-electron chi connectivity index (χ0n) is 15.6. The van der Waals surface area contributed by atoms with E-state index in [0.29, 0.717) is 12.3 Å². The molecule has 1 atom stereocenters. The van der Waals surface area contributed by atoms with Gasteiger partial charge in [-0.3, -0.25) is 9.69 Å². The van der Waals surface area contributed by atoms with Crippen LogP contribution < -0.4 is 5.32 Å². The summed E-state index contributed by atoms with van der Waals surface area (Å²) in [6, 6.07) is 0.234. The van der Waals surface area contributed by atoms with E-state index in [9.17, 15) is 4.79 Å². The molecule has 1 amide bonds. The maximum absolute atomic E-state index is 12.2. The number of aryl methyl sites for hydroxylation is 1. The minimum atomic E-state index is 0.0924. The van der Waals surface area contributed by atoms with Crippen LogP contribution in [0.2, 0.25) is 0 Å². The van der Waals surface area contributed by atoms with E-state index in [1.807, 2.05) is 6.92 Å². The van der Waals surface area contributed by atoms with Gasteiger partial charge in [0.1, 0.15) is 5.82 Å². The highest BCUT2D eigenvalue weighted by Crippen LogP contribution is 2.27. The molecule has 7 heteroatoms. The molecule has 0 bridgehead atoms. The Hall–Kier alpha value is -1.73. The normalized spacial score (nSPS) is 20.6. The number of thiazole rings is 1. The monoisotopic (exact) mass is 373 g/mol. The van der Waals surface area contributed by atoms with Gasteiger partial charge in [-0.1, -0.05) is 6.42 Å². The molecule has 6 nitrogen and oxygen atoms in total. The molecular weight excluding hydrogens is 346 g/mol. The summed E-state index contributed by atoms with van der Waals surface area (Å²) < 4.78 is 2.21. The van der Waals surface area contributed by atoms with Crippen LogP contribution in [0.15, 0.2) is 11.6 Å². The van der Waals surface area contributed by atoms with Crippen molar-refractivity contribution in [1.29, 1.82) is 0 Å². The van der Waals surface area contributed by atoms with Crippen molar-refractivity contribution in [3.8, 4) is 0 Å². The summed E-state index contributed by atoms with van der Waals surface area (Å²) in [7, 11) is 0. The number of hydrogen-bond acceptors (Lipinski definition) is 5. The fourth-order valence-corrected chi connectivity index (χ4v) is 4.37. The zero-order chi connectivity index (χ0) is 18.1. The number of fused-ring (bicyclic) bond motifs is 1. The third-order valence-electron chi connectivity index (χ3n) is 5.59. The highest BCUT2D eigenvalue weighted by molar-refractivity contribution is 7.09. The fourth-order valence-electron chi connectivity index (χ4n) is 3.76. The highest BCUT2D eigenvalue weighted by atomic mass is 32.1. The maximum atomic E-state index is 12.2. The quantitative estimate of drug-likeness (QED) is 0.846. The number of rotatable bonds is 6. The van der Waals surface area contributed by atoms with Crippen LogP contribution in [0.5, 0.6) is 0 Å². The van der Waals surface area contributed by atoms with E-state index in [1.54, 1.807) is 11.3 Å². The first-order valence-corrected chi connectivity index (χ1v) is 10.4. The van der Waals surface area contributed by atoms with E-state index in [0.717, 1.165) is 48.4 Å². The molecule has 1 aliphatic carbocycles. The largest absolute Gasteiger partial charge is 0.355 e. The van der Waals surface area contributed by atoms with Crippen molar-refractivity contribution in [3.05, 3.63) is 33.8 Å². The van der Waals surface area contributed by atoms with Gasteiger partial charge in [0.15, 0.2) is 0 Å². The van der Waals surface area contributed by atoms with Crippen molar-refractivity contribution in [1.82, 2.24) is 24.8 Å². The lowest BCUT2D eigenvalue weighted by atomic mass is 9.85. The lowest BCUT2D eigenvalue weighted by Gasteiger charge is -2.33. The summed E-state index contributed by atoms with van der Waals surface area (Å²) in [6.07, 6.45) is 6.25. The van der Waals surface area contributed by atoms with Gasteiger partial charge in [-0.2, -0.15) is 0 Å². The Kier molecular flexibility index (Phi) is 5.09. The molecule has 0 spiro atoms. The molecule has 140 valence electrons. The molecule has 0 radical (unpaired) electrons. The zero-order valence-corrected chi connectivity index (χ0v) is 16.4. The first-order chi connectivity index (χ1) is 12.6. The van der Waals surface area contributed by atoms with E-state index < -0.39 is 0 Å². The van der Waals surface area contributed by atoms with Gasteiger partial charge in [-0.05, 0) is 32.6 Å². The van der Waals surface area contributed by atoms with Gasteiger partial charge in [0, 0.05) is 37.8 Å². The van der Waals surface area contributed by atoms with Gasteiger partial charge < -0.3 is 9.88 Å². The Morgan fingerprint density at radius 2 is 2.15 bits per heavy atom. The summed E-state index contributed by atoms with van der Waals surface area (Å²) in [4.78, 5) is 24.0. The molecule has 1 aliphatic heterocycles. The van der Waals surface area contributed by atoms with Crippen LogP contribution in [0.4, 0.5) is 0 Å². The number of aromatic nitrogens is 3. The average Bonchev–Trinajstić information content (AvgIpc) is 3.15. The van der Waals surface area contributed by atoms with Crippen LogP contribution >= 0.6 is 11.3 Å². The van der Waals surface area contributed by atoms with Crippen LogP contribution in [0.3, 0.4) is 0 Å².